The van der Waals surface area contributed by atoms with Gasteiger partial charge >= 0.3 is 0 Å². The molecule has 38 heavy (non-hydrogen) atoms. The molecule has 2 N–H and O–H groups in total. The number of anilines is 3. The van der Waals surface area contributed by atoms with Crippen LogP contribution in [0.5, 0.6) is 5.75 Å². The number of rotatable bonds is 11. The molecule has 1 atom stereocenters. The first-order chi connectivity index (χ1) is 18.4. The number of hydrogen-bond acceptors (Lipinski definition) is 7. The summed E-state index contributed by atoms with van der Waals surface area (Å²) in [7, 11) is 2.01. The van der Waals surface area contributed by atoms with E-state index in [-0.39, 0.29) is 17.0 Å². The van der Waals surface area contributed by atoms with Crippen molar-refractivity contribution in [1.82, 2.24) is 14.9 Å². The summed E-state index contributed by atoms with van der Waals surface area (Å²) in [6.45, 7) is 2.89. The second-order valence-electron chi connectivity index (χ2n) is 9.84. The number of likely N-dealkylation sites (N-methyl/N-ethyl adjacent to an activating group) is 1. The van der Waals surface area contributed by atoms with Crippen LogP contribution in [0.2, 0.25) is 5.02 Å². The number of fused-ring (bicyclic) bond motifs is 1. The van der Waals surface area contributed by atoms with Gasteiger partial charge in [-0.3, -0.25) is 4.79 Å². The van der Waals surface area contributed by atoms with Crippen LogP contribution in [0.1, 0.15) is 25.7 Å². The lowest BCUT2D eigenvalue weighted by Crippen LogP contribution is -2.28. The monoisotopic (exact) mass is 539 g/mol. The highest BCUT2D eigenvalue weighted by Gasteiger charge is 2.23. The molecule has 1 aromatic heterocycles. The predicted molar refractivity (Wildman–Crippen MR) is 147 cm³/mol. The summed E-state index contributed by atoms with van der Waals surface area (Å²) in [5.41, 5.74) is 1.74. The van der Waals surface area contributed by atoms with E-state index >= 15 is 0 Å². The molecule has 1 aliphatic heterocycles. The van der Waals surface area contributed by atoms with Gasteiger partial charge in [-0.05, 0) is 62.9 Å². The molecule has 0 radical (unpaired) electrons. The molecule has 2 aromatic carbocycles. The lowest BCUT2D eigenvalue weighted by atomic mass is 10.1. The van der Waals surface area contributed by atoms with Crippen LogP contribution >= 0.6 is 11.6 Å². The van der Waals surface area contributed by atoms with E-state index in [0.717, 1.165) is 38.8 Å². The molecule has 1 saturated carbocycles. The van der Waals surface area contributed by atoms with Crippen LogP contribution in [-0.4, -0.2) is 60.2 Å². The summed E-state index contributed by atoms with van der Waals surface area (Å²) in [5.74, 6) is 0.824. The first kappa shape index (κ1) is 26.3. The molecule has 2 fully saturated rings. The Morgan fingerprint density at radius 2 is 2.13 bits per heavy atom. The maximum Gasteiger partial charge on any atom is 0.248 e. The van der Waals surface area contributed by atoms with Crippen molar-refractivity contribution in [1.29, 1.82) is 0 Å². The smallest absolute Gasteiger partial charge is 0.248 e. The van der Waals surface area contributed by atoms with Gasteiger partial charge in [0.2, 0.25) is 5.91 Å². The number of halogens is 2. The van der Waals surface area contributed by atoms with Crippen LogP contribution in [0.3, 0.4) is 0 Å². The average molecular weight is 540 g/mol. The van der Waals surface area contributed by atoms with Gasteiger partial charge in [0.25, 0.3) is 0 Å². The van der Waals surface area contributed by atoms with Crippen molar-refractivity contribution in [2.45, 2.75) is 31.8 Å². The number of nitrogens with one attached hydrogen (secondary N) is 2. The zero-order valence-electron chi connectivity index (χ0n) is 21.3. The quantitative estimate of drug-likeness (QED) is 0.308. The molecule has 1 aliphatic carbocycles. The molecular weight excluding hydrogens is 509 g/mol. The van der Waals surface area contributed by atoms with Gasteiger partial charge in [-0.2, -0.15) is 0 Å². The third kappa shape index (κ3) is 6.98. The fourth-order valence-corrected chi connectivity index (χ4v) is 4.51. The third-order valence-electron chi connectivity index (χ3n) is 6.57. The molecule has 1 saturated heterocycles. The number of carbonyl (C=O) groups excluding carboxylic acids is 1. The van der Waals surface area contributed by atoms with Crippen LogP contribution in [0.4, 0.5) is 21.6 Å². The molecule has 0 unspecified atom stereocenters. The van der Waals surface area contributed by atoms with E-state index in [1.807, 2.05) is 13.1 Å². The number of hydrogen-bond donors (Lipinski definition) is 2. The summed E-state index contributed by atoms with van der Waals surface area (Å²) >= 11 is 5.94. The Kier molecular flexibility index (Phi) is 8.36. The molecular formula is C28H31ClFN5O3. The SMILES string of the molecule is CN(CC=CC(=O)Nc1cc2c(Nc3ccc(F)c(Cl)c3)ncnc2cc1OCC1CC1)C[C@H]1CCCO1. The molecule has 200 valence electrons. The predicted octanol–water partition coefficient (Wildman–Crippen LogP) is 5.56. The molecule has 1 amide bonds. The largest absolute Gasteiger partial charge is 0.491 e. The lowest BCUT2D eigenvalue weighted by molar-refractivity contribution is -0.111. The molecule has 2 aliphatic rings. The van der Waals surface area contributed by atoms with Gasteiger partial charge in [0.05, 0.1) is 28.9 Å². The second kappa shape index (κ2) is 12.1. The number of carbonyl (C=O) groups is 1. The van der Waals surface area contributed by atoms with Crippen molar-refractivity contribution < 1.29 is 18.7 Å². The minimum atomic E-state index is -0.502. The fraction of sp³-hybridized carbons (Fsp3) is 0.393. The van der Waals surface area contributed by atoms with E-state index in [2.05, 4.69) is 25.5 Å². The van der Waals surface area contributed by atoms with E-state index in [9.17, 15) is 9.18 Å². The summed E-state index contributed by atoms with van der Waals surface area (Å²) in [6.07, 6.45) is 9.55. The topological polar surface area (TPSA) is 88.6 Å². The van der Waals surface area contributed by atoms with E-state index in [1.54, 1.807) is 18.2 Å². The Hall–Kier alpha value is -3.27. The maximum absolute atomic E-state index is 13.6. The second-order valence-corrected chi connectivity index (χ2v) is 10.3. The lowest BCUT2D eigenvalue weighted by Gasteiger charge is -2.18. The van der Waals surface area contributed by atoms with Crippen LogP contribution in [0, 0.1) is 11.7 Å². The average Bonchev–Trinajstić information content (AvgIpc) is 3.59. The molecule has 2 heterocycles. The molecule has 0 spiro atoms. The standard InChI is InChI=1S/C28H31ClFN5O3/c1-35(15-20-4-3-11-37-20)10-2-5-27(36)34-25-13-21-24(14-26(25)38-16-18-6-7-18)31-17-32-28(21)33-19-8-9-23(30)22(29)12-19/h2,5,8-9,12-14,17-18,20H,3-4,6-7,10-11,15-16H2,1H3,(H,34,36)(H,31,32,33)/t20-/m1/s1. The first-order valence-corrected chi connectivity index (χ1v) is 13.2. The maximum atomic E-state index is 13.6. The molecule has 0 bridgehead atoms. The summed E-state index contributed by atoms with van der Waals surface area (Å²) in [6, 6.07) is 7.94. The van der Waals surface area contributed by atoms with Gasteiger partial charge in [0, 0.05) is 42.9 Å². The van der Waals surface area contributed by atoms with Gasteiger partial charge in [-0.1, -0.05) is 17.7 Å². The Balaban J connectivity index is 1.33. The minimum Gasteiger partial charge on any atom is -0.491 e. The van der Waals surface area contributed by atoms with Crippen LogP contribution < -0.4 is 15.4 Å². The summed E-state index contributed by atoms with van der Waals surface area (Å²) < 4.78 is 25.4. The van der Waals surface area contributed by atoms with Crippen LogP contribution in [0.25, 0.3) is 10.9 Å². The number of amides is 1. The van der Waals surface area contributed by atoms with E-state index in [1.165, 1.54) is 24.5 Å². The number of nitrogens with zero attached hydrogens (tertiary/aromatic N) is 3. The zero-order chi connectivity index (χ0) is 26.5. The van der Waals surface area contributed by atoms with Gasteiger partial charge in [-0.15, -0.1) is 0 Å². The van der Waals surface area contributed by atoms with Gasteiger partial charge < -0.3 is 25.0 Å². The van der Waals surface area contributed by atoms with Crippen molar-refractivity contribution >= 4 is 45.6 Å². The number of benzene rings is 2. The Labute approximate surface area is 226 Å². The van der Waals surface area contributed by atoms with Crippen molar-refractivity contribution in [3.63, 3.8) is 0 Å². The zero-order valence-corrected chi connectivity index (χ0v) is 22.0. The Morgan fingerprint density at radius 1 is 1.26 bits per heavy atom. The molecule has 5 rings (SSSR count). The molecule has 10 heteroatoms. The van der Waals surface area contributed by atoms with Crippen LogP contribution in [-0.2, 0) is 9.53 Å². The Bertz CT molecular complexity index is 1330. The third-order valence-corrected chi connectivity index (χ3v) is 6.86. The number of ether oxygens (including phenoxy) is 2. The van der Waals surface area contributed by atoms with Gasteiger partial charge in [0.15, 0.2) is 0 Å². The highest BCUT2D eigenvalue weighted by molar-refractivity contribution is 6.31. The van der Waals surface area contributed by atoms with E-state index in [0.29, 0.717) is 52.9 Å². The minimum absolute atomic E-state index is 0.00489. The fourth-order valence-electron chi connectivity index (χ4n) is 4.33. The van der Waals surface area contributed by atoms with Gasteiger partial charge in [-0.25, -0.2) is 14.4 Å². The van der Waals surface area contributed by atoms with Crippen molar-refractivity contribution in [3.05, 3.63) is 59.7 Å². The van der Waals surface area contributed by atoms with Crippen molar-refractivity contribution in [3.8, 4) is 5.75 Å². The van der Waals surface area contributed by atoms with E-state index in [4.69, 9.17) is 21.1 Å². The summed E-state index contributed by atoms with van der Waals surface area (Å²) in [4.78, 5) is 23.7. The Morgan fingerprint density at radius 3 is 2.89 bits per heavy atom. The number of aromatic nitrogens is 2. The highest BCUT2D eigenvalue weighted by Crippen LogP contribution is 2.36. The highest BCUT2D eigenvalue weighted by atomic mass is 35.5. The summed E-state index contributed by atoms with van der Waals surface area (Å²) in [5, 5.41) is 6.79. The molecule has 8 nitrogen and oxygen atoms in total. The van der Waals surface area contributed by atoms with Crippen LogP contribution in [0.15, 0.2) is 48.8 Å². The first-order valence-electron chi connectivity index (χ1n) is 12.9. The van der Waals surface area contributed by atoms with Crippen molar-refractivity contribution in [2.75, 3.05) is 44.0 Å². The molecule has 3 aromatic rings. The van der Waals surface area contributed by atoms with Gasteiger partial charge in [0.1, 0.15) is 23.7 Å². The normalized spacial score (nSPS) is 17.4. The van der Waals surface area contributed by atoms with E-state index < -0.39 is 5.82 Å². The van der Waals surface area contributed by atoms with Crippen molar-refractivity contribution in [2.24, 2.45) is 5.92 Å².